The zero-order valence-electron chi connectivity index (χ0n) is 27.0. The molecule has 3 aliphatic rings. The third-order valence-corrected chi connectivity index (χ3v) is 9.61. The van der Waals surface area contributed by atoms with Crippen LogP contribution in [-0.2, 0) is 19.0 Å². The number of aliphatic hydroxyl groups is 4. The van der Waals surface area contributed by atoms with Gasteiger partial charge < -0.3 is 34.6 Å². The standard InChI is InChI=1S/C35H62O8/c1-3-4-5-6-7-8-9-10-17-29(38)31-19-21-33(42-31)34-22-20-32(43-34)30(39)18-12-11-14-27(36)15-13-16-28(37)24-26-23-25(2)41-35(26)40/h23,25,27-34,36-39H,3-22,24H2,1-2H3/t25-,27-,28-,29+,30+,31-,32+,33+,34+/m0/s1. The van der Waals surface area contributed by atoms with Crippen molar-refractivity contribution in [3.63, 3.8) is 0 Å². The summed E-state index contributed by atoms with van der Waals surface area (Å²) in [6, 6.07) is 0. The molecule has 3 rings (SSSR count). The number of cyclic esters (lactones) is 1. The minimum absolute atomic E-state index is 0.00356. The maximum absolute atomic E-state index is 11.7. The van der Waals surface area contributed by atoms with E-state index >= 15 is 0 Å². The van der Waals surface area contributed by atoms with E-state index in [0.29, 0.717) is 44.1 Å². The molecule has 8 nitrogen and oxygen atoms in total. The maximum Gasteiger partial charge on any atom is 0.334 e. The van der Waals surface area contributed by atoms with Crippen molar-refractivity contribution in [1.82, 2.24) is 0 Å². The normalized spacial score (nSPS) is 28.6. The molecule has 0 unspecified atom stereocenters. The zero-order chi connectivity index (χ0) is 31.0. The summed E-state index contributed by atoms with van der Waals surface area (Å²) in [5.41, 5.74) is 0.541. The van der Waals surface area contributed by atoms with Crippen LogP contribution in [-0.4, -0.2) is 81.3 Å². The van der Waals surface area contributed by atoms with Crippen molar-refractivity contribution in [2.45, 2.75) is 204 Å². The molecule has 43 heavy (non-hydrogen) atoms. The van der Waals surface area contributed by atoms with Gasteiger partial charge in [0.15, 0.2) is 0 Å². The molecule has 0 saturated carbocycles. The molecule has 9 atom stereocenters. The Morgan fingerprint density at radius 1 is 0.674 bits per heavy atom. The number of aliphatic hydroxyl groups excluding tert-OH is 4. The van der Waals surface area contributed by atoms with Crippen LogP contribution in [0.15, 0.2) is 11.6 Å². The number of carbonyl (C=O) groups excluding carboxylic acids is 1. The Morgan fingerprint density at radius 3 is 1.72 bits per heavy atom. The van der Waals surface area contributed by atoms with Crippen molar-refractivity contribution in [2.24, 2.45) is 0 Å². The summed E-state index contributed by atoms with van der Waals surface area (Å²) in [5, 5.41) is 42.0. The molecular formula is C35H62O8. The van der Waals surface area contributed by atoms with Crippen LogP contribution in [0.4, 0.5) is 0 Å². The van der Waals surface area contributed by atoms with Crippen LogP contribution in [0.25, 0.3) is 0 Å². The lowest BCUT2D eigenvalue weighted by Crippen LogP contribution is -2.33. The highest BCUT2D eigenvalue weighted by molar-refractivity contribution is 5.90. The molecule has 0 amide bonds. The maximum atomic E-state index is 11.7. The molecule has 250 valence electrons. The first-order valence-electron chi connectivity index (χ1n) is 17.7. The molecule has 4 N–H and O–H groups in total. The fourth-order valence-corrected chi connectivity index (χ4v) is 6.95. The molecule has 0 aromatic heterocycles. The van der Waals surface area contributed by atoms with Crippen molar-refractivity contribution in [1.29, 1.82) is 0 Å². The van der Waals surface area contributed by atoms with Gasteiger partial charge in [-0.1, -0.05) is 71.1 Å². The highest BCUT2D eigenvalue weighted by Crippen LogP contribution is 2.34. The average molecular weight is 611 g/mol. The lowest BCUT2D eigenvalue weighted by molar-refractivity contribution is -0.139. The largest absolute Gasteiger partial charge is 0.455 e. The Kier molecular flexibility index (Phi) is 17.1. The van der Waals surface area contributed by atoms with Gasteiger partial charge in [-0.05, 0) is 77.2 Å². The second-order valence-corrected chi connectivity index (χ2v) is 13.5. The zero-order valence-corrected chi connectivity index (χ0v) is 27.0. The highest BCUT2D eigenvalue weighted by Gasteiger charge is 2.40. The summed E-state index contributed by atoms with van der Waals surface area (Å²) in [5.74, 6) is -0.341. The average Bonchev–Trinajstić information content (AvgIpc) is 3.72. The van der Waals surface area contributed by atoms with Gasteiger partial charge in [0, 0.05) is 12.0 Å². The predicted octanol–water partition coefficient (Wildman–Crippen LogP) is 6.05. The molecule has 0 radical (unpaired) electrons. The van der Waals surface area contributed by atoms with Gasteiger partial charge in [0.05, 0.1) is 48.8 Å². The Labute approximate surface area is 260 Å². The van der Waals surface area contributed by atoms with Crippen molar-refractivity contribution in [3.8, 4) is 0 Å². The quantitative estimate of drug-likeness (QED) is 0.0814. The Balaban J connectivity index is 1.19. The summed E-state index contributed by atoms with van der Waals surface area (Å²) in [4.78, 5) is 11.7. The Morgan fingerprint density at radius 2 is 1.16 bits per heavy atom. The molecule has 2 saturated heterocycles. The van der Waals surface area contributed by atoms with Crippen LogP contribution in [0.3, 0.4) is 0 Å². The number of ether oxygens (including phenoxy) is 3. The smallest absolute Gasteiger partial charge is 0.334 e. The van der Waals surface area contributed by atoms with Gasteiger partial charge in [-0.2, -0.15) is 0 Å². The number of hydrogen-bond acceptors (Lipinski definition) is 8. The van der Waals surface area contributed by atoms with Gasteiger partial charge in [-0.25, -0.2) is 4.79 Å². The van der Waals surface area contributed by atoms with E-state index in [4.69, 9.17) is 14.2 Å². The predicted molar refractivity (Wildman–Crippen MR) is 168 cm³/mol. The third kappa shape index (κ3) is 13.5. The molecule has 2 fully saturated rings. The van der Waals surface area contributed by atoms with E-state index in [-0.39, 0.29) is 36.5 Å². The molecule has 0 spiro atoms. The lowest BCUT2D eigenvalue weighted by Gasteiger charge is -2.24. The second-order valence-electron chi connectivity index (χ2n) is 13.5. The van der Waals surface area contributed by atoms with Crippen LogP contribution >= 0.6 is 0 Å². The van der Waals surface area contributed by atoms with Crippen molar-refractivity contribution >= 4 is 5.97 Å². The Bertz CT molecular complexity index is 803. The van der Waals surface area contributed by atoms with Crippen molar-refractivity contribution in [2.75, 3.05) is 0 Å². The summed E-state index contributed by atoms with van der Waals surface area (Å²) in [7, 11) is 0. The van der Waals surface area contributed by atoms with E-state index in [2.05, 4.69) is 6.92 Å². The lowest BCUT2D eigenvalue weighted by atomic mass is 9.99. The van der Waals surface area contributed by atoms with E-state index in [1.807, 2.05) is 0 Å². The molecule has 0 aliphatic carbocycles. The van der Waals surface area contributed by atoms with Crippen LogP contribution in [0.2, 0.25) is 0 Å². The minimum atomic E-state index is -0.605. The number of esters is 1. The van der Waals surface area contributed by atoms with Crippen LogP contribution < -0.4 is 0 Å². The SMILES string of the molecule is CCCCCCCCCC[C@@H](O)[C@@H]1CC[C@H]([C@H]2CC[C@H]([C@H](O)CCCC[C@H](O)CCC[C@H](O)CC3=C[C@H](C)OC3=O)O2)O1. The van der Waals surface area contributed by atoms with Crippen molar-refractivity contribution in [3.05, 3.63) is 11.6 Å². The van der Waals surface area contributed by atoms with E-state index in [1.165, 1.54) is 44.9 Å². The van der Waals surface area contributed by atoms with Crippen LogP contribution in [0.1, 0.15) is 149 Å². The van der Waals surface area contributed by atoms with E-state index in [1.54, 1.807) is 13.0 Å². The van der Waals surface area contributed by atoms with Gasteiger partial charge in [0.1, 0.15) is 6.10 Å². The molecule has 3 aliphatic heterocycles. The van der Waals surface area contributed by atoms with Gasteiger partial charge in [0.25, 0.3) is 0 Å². The first kappa shape index (κ1) is 36.4. The summed E-state index contributed by atoms with van der Waals surface area (Å²) >= 11 is 0. The summed E-state index contributed by atoms with van der Waals surface area (Å²) in [6.07, 6.45) is 18.9. The van der Waals surface area contributed by atoms with Gasteiger partial charge in [0.2, 0.25) is 0 Å². The van der Waals surface area contributed by atoms with E-state index in [0.717, 1.165) is 51.4 Å². The molecular weight excluding hydrogens is 548 g/mol. The molecule has 3 heterocycles. The van der Waals surface area contributed by atoms with Gasteiger partial charge in [-0.3, -0.25) is 0 Å². The molecule has 8 heteroatoms. The van der Waals surface area contributed by atoms with Crippen LogP contribution in [0, 0.1) is 0 Å². The third-order valence-electron chi connectivity index (χ3n) is 9.61. The first-order valence-corrected chi connectivity index (χ1v) is 17.7. The first-order chi connectivity index (χ1) is 20.8. The fourth-order valence-electron chi connectivity index (χ4n) is 6.95. The summed E-state index contributed by atoms with van der Waals surface area (Å²) < 4.78 is 17.6. The number of carbonyl (C=O) groups is 1. The second kappa shape index (κ2) is 20.2. The minimum Gasteiger partial charge on any atom is -0.455 e. The number of rotatable bonds is 23. The van der Waals surface area contributed by atoms with E-state index < -0.39 is 24.4 Å². The number of hydrogen-bond donors (Lipinski definition) is 4. The van der Waals surface area contributed by atoms with E-state index in [9.17, 15) is 25.2 Å². The summed E-state index contributed by atoms with van der Waals surface area (Å²) in [6.45, 7) is 4.05. The van der Waals surface area contributed by atoms with Crippen LogP contribution in [0.5, 0.6) is 0 Å². The molecule has 0 aromatic carbocycles. The van der Waals surface area contributed by atoms with Gasteiger partial charge in [-0.15, -0.1) is 0 Å². The molecule has 0 aromatic rings. The fraction of sp³-hybridized carbons (Fsp3) is 0.914. The topological polar surface area (TPSA) is 126 Å². The monoisotopic (exact) mass is 610 g/mol. The molecule has 0 bridgehead atoms. The highest BCUT2D eigenvalue weighted by atomic mass is 16.6. The Hall–Kier alpha value is -1.03. The van der Waals surface area contributed by atoms with Gasteiger partial charge >= 0.3 is 5.97 Å². The van der Waals surface area contributed by atoms with Crippen molar-refractivity contribution < 1.29 is 39.4 Å². The number of unbranched alkanes of at least 4 members (excludes halogenated alkanes) is 8.